The molecule has 1 N–H and O–H groups in total. The lowest BCUT2D eigenvalue weighted by molar-refractivity contribution is -0.119. The smallest absolute Gasteiger partial charge is 0.262 e. The number of amides is 1. The maximum atomic E-state index is 13.2. The number of benzene rings is 1. The van der Waals surface area contributed by atoms with E-state index in [1.165, 1.54) is 37.4 Å². The second kappa shape index (κ2) is 11.7. The van der Waals surface area contributed by atoms with Crippen molar-refractivity contribution >= 4 is 28.6 Å². The summed E-state index contributed by atoms with van der Waals surface area (Å²) in [5.41, 5.74) is 0.678. The van der Waals surface area contributed by atoms with Crippen LogP contribution in [0.25, 0.3) is 10.9 Å². The zero-order valence-corrected chi connectivity index (χ0v) is 19.9. The predicted octanol–water partition coefficient (Wildman–Crippen LogP) is 4.06. The highest BCUT2D eigenvalue weighted by Gasteiger charge is 2.20. The zero-order valence-electron chi connectivity index (χ0n) is 19.1. The maximum absolute atomic E-state index is 13.2. The van der Waals surface area contributed by atoms with Crippen LogP contribution in [-0.2, 0) is 11.3 Å². The van der Waals surface area contributed by atoms with Crippen molar-refractivity contribution in [3.8, 4) is 0 Å². The van der Waals surface area contributed by atoms with Crippen molar-refractivity contribution in [1.82, 2.24) is 19.8 Å². The number of likely N-dealkylation sites (tertiary alicyclic amines) is 1. The Morgan fingerprint density at radius 2 is 2.06 bits per heavy atom. The van der Waals surface area contributed by atoms with Gasteiger partial charge in [-0.1, -0.05) is 44.2 Å². The standard InChI is InChI=1S/C24H36N4O2S/c1-4-18(3)25-22(29)17-31-24-26-21-13-7-6-12-20(21)23(30)28(24)16-10-15-27-14-9-8-11-19(27)5-2/h6-7,12-13,18-19H,4-5,8-11,14-17H2,1-3H3,(H,25,29)/t18-,19+/m0/s1. The van der Waals surface area contributed by atoms with Crippen molar-refractivity contribution in [3.63, 3.8) is 0 Å². The Bertz CT molecular complexity index is 929. The van der Waals surface area contributed by atoms with E-state index in [0.717, 1.165) is 25.9 Å². The molecule has 1 saturated heterocycles. The molecule has 3 rings (SSSR count). The van der Waals surface area contributed by atoms with Gasteiger partial charge in [0.1, 0.15) is 0 Å². The first-order valence-corrected chi connectivity index (χ1v) is 12.7. The third kappa shape index (κ3) is 6.32. The first kappa shape index (κ1) is 23.8. The molecule has 1 amide bonds. The lowest BCUT2D eigenvalue weighted by Crippen LogP contribution is -2.40. The summed E-state index contributed by atoms with van der Waals surface area (Å²) in [4.78, 5) is 32.8. The van der Waals surface area contributed by atoms with E-state index >= 15 is 0 Å². The first-order chi connectivity index (χ1) is 15.0. The van der Waals surface area contributed by atoms with Crippen LogP contribution in [-0.4, -0.2) is 51.3 Å². The van der Waals surface area contributed by atoms with Crippen LogP contribution >= 0.6 is 11.8 Å². The Morgan fingerprint density at radius 3 is 2.84 bits per heavy atom. The summed E-state index contributed by atoms with van der Waals surface area (Å²) in [6.07, 6.45) is 6.85. The number of aromatic nitrogens is 2. The van der Waals surface area contributed by atoms with Crippen LogP contribution in [0.5, 0.6) is 0 Å². The van der Waals surface area contributed by atoms with Crippen LogP contribution in [0.4, 0.5) is 0 Å². The van der Waals surface area contributed by atoms with Gasteiger partial charge in [0, 0.05) is 25.2 Å². The molecule has 170 valence electrons. The summed E-state index contributed by atoms with van der Waals surface area (Å²) in [6.45, 7) is 9.08. The second-order valence-corrected chi connectivity index (χ2v) is 9.42. The van der Waals surface area contributed by atoms with E-state index in [1.54, 1.807) is 4.57 Å². The summed E-state index contributed by atoms with van der Waals surface area (Å²) >= 11 is 1.35. The second-order valence-electron chi connectivity index (χ2n) is 8.48. The Balaban J connectivity index is 1.74. The highest BCUT2D eigenvalue weighted by molar-refractivity contribution is 7.99. The average Bonchev–Trinajstić information content (AvgIpc) is 2.79. The van der Waals surface area contributed by atoms with Gasteiger partial charge >= 0.3 is 0 Å². The Kier molecular flexibility index (Phi) is 8.96. The van der Waals surface area contributed by atoms with E-state index in [0.29, 0.717) is 28.6 Å². The quantitative estimate of drug-likeness (QED) is 0.442. The molecule has 6 nitrogen and oxygen atoms in total. The fraction of sp³-hybridized carbons (Fsp3) is 0.625. The van der Waals surface area contributed by atoms with E-state index in [-0.39, 0.29) is 23.3 Å². The molecule has 2 atom stereocenters. The van der Waals surface area contributed by atoms with E-state index in [2.05, 4.69) is 17.1 Å². The molecule has 1 aliphatic heterocycles. The number of piperidine rings is 1. The number of hydrogen-bond acceptors (Lipinski definition) is 5. The third-order valence-corrected chi connectivity index (χ3v) is 7.20. The summed E-state index contributed by atoms with van der Waals surface area (Å²) in [5, 5.41) is 4.26. The van der Waals surface area contributed by atoms with Crippen LogP contribution < -0.4 is 10.9 Å². The van der Waals surface area contributed by atoms with E-state index < -0.39 is 0 Å². The fourth-order valence-corrected chi connectivity index (χ4v) is 5.09. The van der Waals surface area contributed by atoms with Gasteiger partial charge in [0.15, 0.2) is 5.16 Å². The first-order valence-electron chi connectivity index (χ1n) is 11.7. The fourth-order valence-electron chi connectivity index (χ4n) is 4.25. The van der Waals surface area contributed by atoms with Gasteiger partial charge in [-0.2, -0.15) is 0 Å². The normalized spacial score (nSPS) is 18.2. The van der Waals surface area contributed by atoms with E-state index in [4.69, 9.17) is 4.98 Å². The van der Waals surface area contributed by atoms with Crippen molar-refractivity contribution in [2.45, 2.75) is 83.1 Å². The maximum Gasteiger partial charge on any atom is 0.262 e. The number of fused-ring (bicyclic) bond motifs is 1. The average molecular weight is 445 g/mol. The van der Waals surface area contributed by atoms with E-state index in [1.807, 2.05) is 38.1 Å². The van der Waals surface area contributed by atoms with Gasteiger partial charge in [-0.15, -0.1) is 0 Å². The number of nitrogens with zero attached hydrogens (tertiary/aromatic N) is 3. The number of para-hydroxylation sites is 1. The van der Waals surface area contributed by atoms with Gasteiger partial charge in [0.25, 0.3) is 5.56 Å². The van der Waals surface area contributed by atoms with Gasteiger partial charge < -0.3 is 10.2 Å². The SMILES string of the molecule is CC[C@@H]1CCCCN1CCCn1c(SCC(=O)N[C@@H](C)CC)nc2ccccc2c1=O. The predicted molar refractivity (Wildman–Crippen MR) is 129 cm³/mol. The summed E-state index contributed by atoms with van der Waals surface area (Å²) in [7, 11) is 0. The van der Waals surface area contributed by atoms with Gasteiger partial charge in [-0.3, -0.25) is 14.2 Å². The Morgan fingerprint density at radius 1 is 1.26 bits per heavy atom. The largest absolute Gasteiger partial charge is 0.353 e. The van der Waals surface area contributed by atoms with Crippen LogP contribution in [0, 0.1) is 0 Å². The number of carbonyl (C=O) groups is 1. The van der Waals surface area contributed by atoms with Gasteiger partial charge in [-0.05, 0) is 57.7 Å². The highest BCUT2D eigenvalue weighted by Crippen LogP contribution is 2.21. The molecule has 0 aliphatic carbocycles. The number of rotatable bonds is 10. The molecule has 0 radical (unpaired) electrons. The monoisotopic (exact) mass is 444 g/mol. The van der Waals surface area contributed by atoms with Crippen LogP contribution in [0.2, 0.25) is 0 Å². The van der Waals surface area contributed by atoms with Crippen molar-refractivity contribution in [2.75, 3.05) is 18.8 Å². The number of carbonyl (C=O) groups excluding carboxylic acids is 1. The number of thioether (sulfide) groups is 1. The van der Waals surface area contributed by atoms with Crippen LogP contribution in [0.3, 0.4) is 0 Å². The van der Waals surface area contributed by atoms with Crippen molar-refractivity contribution in [1.29, 1.82) is 0 Å². The summed E-state index contributed by atoms with van der Waals surface area (Å²) in [6, 6.07) is 8.29. The molecule has 2 heterocycles. The van der Waals surface area contributed by atoms with Gasteiger partial charge in [-0.25, -0.2) is 4.98 Å². The van der Waals surface area contributed by atoms with Crippen molar-refractivity contribution < 1.29 is 4.79 Å². The van der Waals surface area contributed by atoms with Crippen LogP contribution in [0.1, 0.15) is 59.3 Å². The molecular formula is C24H36N4O2S. The lowest BCUT2D eigenvalue weighted by atomic mass is 10.00. The topological polar surface area (TPSA) is 67.2 Å². The molecular weight excluding hydrogens is 408 g/mol. The summed E-state index contributed by atoms with van der Waals surface area (Å²) < 4.78 is 1.77. The molecule has 1 aromatic carbocycles. The van der Waals surface area contributed by atoms with Crippen molar-refractivity contribution in [3.05, 3.63) is 34.6 Å². The molecule has 1 fully saturated rings. The highest BCUT2D eigenvalue weighted by atomic mass is 32.2. The summed E-state index contributed by atoms with van der Waals surface area (Å²) in [5.74, 6) is 0.242. The molecule has 31 heavy (non-hydrogen) atoms. The molecule has 0 saturated carbocycles. The molecule has 2 aromatic rings. The van der Waals surface area contributed by atoms with Crippen LogP contribution in [0.15, 0.2) is 34.2 Å². The Hall–Kier alpha value is -1.86. The van der Waals surface area contributed by atoms with Crippen molar-refractivity contribution in [2.24, 2.45) is 0 Å². The molecule has 0 spiro atoms. The minimum absolute atomic E-state index is 0.0129. The molecule has 1 aliphatic rings. The van der Waals surface area contributed by atoms with Gasteiger partial charge in [0.05, 0.1) is 16.7 Å². The molecule has 1 aromatic heterocycles. The number of hydrogen-bond donors (Lipinski definition) is 1. The molecule has 0 bridgehead atoms. The Labute approximate surface area is 189 Å². The minimum Gasteiger partial charge on any atom is -0.353 e. The molecule has 0 unspecified atom stereocenters. The zero-order chi connectivity index (χ0) is 22.2. The molecule has 7 heteroatoms. The van der Waals surface area contributed by atoms with Gasteiger partial charge in [0.2, 0.25) is 5.91 Å². The van der Waals surface area contributed by atoms with E-state index in [9.17, 15) is 9.59 Å². The number of nitrogens with one attached hydrogen (secondary N) is 1. The third-order valence-electron chi connectivity index (χ3n) is 6.23. The lowest BCUT2D eigenvalue weighted by Gasteiger charge is -2.35. The minimum atomic E-state index is -0.0209.